The first-order valence-corrected chi connectivity index (χ1v) is 7.15. The van der Waals surface area contributed by atoms with Crippen molar-refractivity contribution in [2.75, 3.05) is 11.9 Å². The lowest BCUT2D eigenvalue weighted by atomic mass is 9.94. The Kier molecular flexibility index (Phi) is 5.93. The summed E-state index contributed by atoms with van der Waals surface area (Å²) in [6.07, 6.45) is -0.596. The van der Waals surface area contributed by atoms with Gasteiger partial charge in [0.15, 0.2) is 0 Å². The normalized spacial score (nSPS) is 12.6. The van der Waals surface area contributed by atoms with Crippen LogP contribution >= 0.6 is 0 Å². The Hall–Kier alpha value is -2.08. The van der Waals surface area contributed by atoms with E-state index in [1.165, 1.54) is 0 Å². The smallest absolute Gasteiger partial charge is 0.412 e. The Labute approximate surface area is 130 Å². The predicted molar refractivity (Wildman–Crippen MR) is 85.1 cm³/mol. The van der Waals surface area contributed by atoms with Gasteiger partial charge in [-0.15, -0.1) is 0 Å². The number of aryl methyl sites for hydroxylation is 1. The van der Waals surface area contributed by atoms with E-state index in [1.807, 2.05) is 19.1 Å². The van der Waals surface area contributed by atoms with Crippen molar-refractivity contribution < 1.29 is 19.4 Å². The fraction of sp³-hybridized carbons (Fsp3) is 0.500. The highest BCUT2D eigenvalue weighted by Crippen LogP contribution is 2.25. The molecule has 0 aliphatic heterocycles. The molecule has 1 atom stereocenters. The number of hydrogen-bond donors (Lipinski definition) is 3. The van der Waals surface area contributed by atoms with Crippen LogP contribution in [0.15, 0.2) is 18.2 Å². The van der Waals surface area contributed by atoms with E-state index in [0.29, 0.717) is 5.69 Å². The van der Waals surface area contributed by atoms with Crippen LogP contribution in [0, 0.1) is 6.92 Å². The van der Waals surface area contributed by atoms with Crippen molar-refractivity contribution >= 4 is 17.7 Å². The summed E-state index contributed by atoms with van der Waals surface area (Å²) in [5.41, 5.74) is 7.30. The van der Waals surface area contributed by atoms with Gasteiger partial charge in [0.1, 0.15) is 5.60 Å². The second-order valence-corrected chi connectivity index (χ2v) is 6.23. The number of carboxylic acids is 1. The van der Waals surface area contributed by atoms with Gasteiger partial charge in [-0.05, 0) is 51.4 Å². The van der Waals surface area contributed by atoms with Crippen LogP contribution in [0.3, 0.4) is 0 Å². The van der Waals surface area contributed by atoms with Crippen molar-refractivity contribution in [3.05, 3.63) is 29.3 Å². The largest absolute Gasteiger partial charge is 0.481 e. The number of nitrogens with one attached hydrogen (secondary N) is 1. The van der Waals surface area contributed by atoms with Crippen LogP contribution in [0.1, 0.15) is 44.2 Å². The summed E-state index contributed by atoms with van der Waals surface area (Å²) in [6, 6.07) is 5.41. The second-order valence-electron chi connectivity index (χ2n) is 6.23. The third-order valence-electron chi connectivity index (χ3n) is 3.07. The summed E-state index contributed by atoms with van der Waals surface area (Å²) >= 11 is 0. The molecule has 0 radical (unpaired) electrons. The van der Waals surface area contributed by atoms with Crippen LogP contribution in [-0.4, -0.2) is 29.3 Å². The molecule has 0 fully saturated rings. The molecule has 6 nitrogen and oxygen atoms in total. The molecule has 0 bridgehead atoms. The standard InChI is InChI=1S/C16H24N2O4/c1-10-5-6-11(12(9-17)8-14(19)20)7-13(10)18-15(21)22-16(2,3)4/h5-7,12H,8-9,17H2,1-4H3,(H,18,21)(H,19,20). The molecule has 0 aromatic heterocycles. The summed E-state index contributed by atoms with van der Waals surface area (Å²) in [5, 5.41) is 11.6. The molecule has 1 aromatic carbocycles. The summed E-state index contributed by atoms with van der Waals surface area (Å²) in [7, 11) is 0. The van der Waals surface area contributed by atoms with Crippen molar-refractivity contribution in [1.82, 2.24) is 0 Å². The van der Waals surface area contributed by atoms with Crippen molar-refractivity contribution in [2.45, 2.75) is 45.6 Å². The number of anilines is 1. The summed E-state index contributed by atoms with van der Waals surface area (Å²) in [6.45, 7) is 7.43. The SMILES string of the molecule is Cc1ccc(C(CN)CC(=O)O)cc1NC(=O)OC(C)(C)C. The average molecular weight is 308 g/mol. The fourth-order valence-corrected chi connectivity index (χ4v) is 1.99. The number of rotatable bonds is 5. The van der Waals surface area contributed by atoms with Crippen molar-refractivity contribution in [3.8, 4) is 0 Å². The third kappa shape index (κ3) is 5.73. The van der Waals surface area contributed by atoms with E-state index in [4.69, 9.17) is 15.6 Å². The number of hydrogen-bond acceptors (Lipinski definition) is 4. The van der Waals surface area contributed by atoms with E-state index in [1.54, 1.807) is 26.8 Å². The fourth-order valence-electron chi connectivity index (χ4n) is 1.99. The number of ether oxygens (including phenoxy) is 1. The minimum atomic E-state index is -0.905. The highest BCUT2D eigenvalue weighted by molar-refractivity contribution is 5.86. The molecule has 1 aromatic rings. The van der Waals surface area contributed by atoms with E-state index < -0.39 is 17.7 Å². The lowest BCUT2D eigenvalue weighted by Gasteiger charge is -2.21. The zero-order valence-corrected chi connectivity index (χ0v) is 13.5. The first kappa shape index (κ1) is 18.0. The molecular formula is C16H24N2O4. The van der Waals surface area contributed by atoms with Gasteiger partial charge in [0.25, 0.3) is 0 Å². The maximum absolute atomic E-state index is 11.9. The lowest BCUT2D eigenvalue weighted by molar-refractivity contribution is -0.137. The van der Waals surface area contributed by atoms with Gasteiger partial charge in [0.05, 0.1) is 6.42 Å². The average Bonchev–Trinajstić information content (AvgIpc) is 2.36. The van der Waals surface area contributed by atoms with Gasteiger partial charge in [-0.3, -0.25) is 10.1 Å². The number of carbonyl (C=O) groups is 2. The molecule has 0 aliphatic carbocycles. The number of nitrogens with two attached hydrogens (primary N) is 1. The van der Waals surface area contributed by atoms with Gasteiger partial charge in [-0.25, -0.2) is 4.79 Å². The molecule has 1 rings (SSSR count). The van der Waals surface area contributed by atoms with Gasteiger partial charge in [0, 0.05) is 11.6 Å². The molecule has 1 amide bonds. The number of aliphatic carboxylic acids is 1. The summed E-state index contributed by atoms with van der Waals surface area (Å²) in [4.78, 5) is 22.7. The van der Waals surface area contributed by atoms with Gasteiger partial charge < -0.3 is 15.6 Å². The highest BCUT2D eigenvalue weighted by atomic mass is 16.6. The Balaban J connectivity index is 2.94. The maximum atomic E-state index is 11.9. The maximum Gasteiger partial charge on any atom is 0.412 e. The number of amides is 1. The Morgan fingerprint density at radius 1 is 1.36 bits per heavy atom. The Morgan fingerprint density at radius 2 is 2.00 bits per heavy atom. The minimum absolute atomic E-state index is 0.0502. The van der Waals surface area contributed by atoms with Crippen molar-refractivity contribution in [1.29, 1.82) is 0 Å². The monoisotopic (exact) mass is 308 g/mol. The molecule has 0 saturated carbocycles. The zero-order chi connectivity index (χ0) is 16.9. The Morgan fingerprint density at radius 3 is 2.50 bits per heavy atom. The minimum Gasteiger partial charge on any atom is -0.481 e. The van der Waals surface area contributed by atoms with Crippen LogP contribution in [0.2, 0.25) is 0 Å². The highest BCUT2D eigenvalue weighted by Gasteiger charge is 2.18. The third-order valence-corrected chi connectivity index (χ3v) is 3.07. The molecule has 4 N–H and O–H groups in total. The molecule has 22 heavy (non-hydrogen) atoms. The van der Waals surface area contributed by atoms with E-state index in [-0.39, 0.29) is 18.9 Å². The number of carbonyl (C=O) groups excluding carboxylic acids is 1. The lowest BCUT2D eigenvalue weighted by Crippen LogP contribution is -2.27. The van der Waals surface area contributed by atoms with E-state index in [2.05, 4.69) is 5.32 Å². The van der Waals surface area contributed by atoms with Crippen LogP contribution in [-0.2, 0) is 9.53 Å². The van der Waals surface area contributed by atoms with Crippen LogP contribution in [0.5, 0.6) is 0 Å². The summed E-state index contributed by atoms with van der Waals surface area (Å²) in [5.74, 6) is -1.20. The van der Waals surface area contributed by atoms with Gasteiger partial charge in [-0.1, -0.05) is 12.1 Å². The quantitative estimate of drug-likeness (QED) is 0.776. The molecule has 0 saturated heterocycles. The number of carboxylic acid groups (broad SMARTS) is 1. The van der Waals surface area contributed by atoms with Crippen LogP contribution in [0.25, 0.3) is 0 Å². The van der Waals surface area contributed by atoms with E-state index in [9.17, 15) is 9.59 Å². The van der Waals surface area contributed by atoms with Gasteiger partial charge in [0.2, 0.25) is 0 Å². The van der Waals surface area contributed by atoms with Crippen LogP contribution in [0.4, 0.5) is 10.5 Å². The zero-order valence-electron chi connectivity index (χ0n) is 13.5. The van der Waals surface area contributed by atoms with Crippen molar-refractivity contribution in [3.63, 3.8) is 0 Å². The molecule has 6 heteroatoms. The first-order chi connectivity index (χ1) is 10.1. The molecule has 0 spiro atoms. The molecule has 1 unspecified atom stereocenters. The first-order valence-electron chi connectivity index (χ1n) is 7.15. The summed E-state index contributed by atoms with van der Waals surface area (Å²) < 4.78 is 5.22. The predicted octanol–water partition coefficient (Wildman–Crippen LogP) is 2.86. The molecular weight excluding hydrogens is 284 g/mol. The van der Waals surface area contributed by atoms with E-state index >= 15 is 0 Å². The van der Waals surface area contributed by atoms with Crippen molar-refractivity contribution in [2.24, 2.45) is 5.73 Å². The topological polar surface area (TPSA) is 102 Å². The van der Waals surface area contributed by atoms with Gasteiger partial charge >= 0.3 is 12.1 Å². The molecule has 122 valence electrons. The molecule has 0 heterocycles. The number of benzene rings is 1. The van der Waals surface area contributed by atoms with Crippen LogP contribution < -0.4 is 11.1 Å². The Bertz CT molecular complexity index is 550. The van der Waals surface area contributed by atoms with Gasteiger partial charge in [-0.2, -0.15) is 0 Å². The second kappa shape index (κ2) is 7.26. The molecule has 0 aliphatic rings. The van der Waals surface area contributed by atoms with E-state index in [0.717, 1.165) is 11.1 Å².